The van der Waals surface area contributed by atoms with Crippen molar-refractivity contribution in [2.75, 3.05) is 6.61 Å². The summed E-state index contributed by atoms with van der Waals surface area (Å²) in [4.78, 5) is 23.7. The molecule has 0 radical (unpaired) electrons. The number of Topliss-reactive ketones (excluding diaryl/α,β-unsaturated/α-hetero) is 1. The molecule has 4 rings (SSSR count). The molecule has 0 unspecified atom stereocenters. The molecule has 0 aliphatic heterocycles. The van der Waals surface area contributed by atoms with Crippen LogP contribution in [0.15, 0.2) is 11.6 Å². The van der Waals surface area contributed by atoms with E-state index in [0.29, 0.717) is 19.3 Å². The molecule has 3 fully saturated rings. The number of aliphatic hydroxyl groups excluding tert-OH is 2. The molecular formula is C22H31ClO5. The van der Waals surface area contributed by atoms with E-state index in [1.54, 1.807) is 6.08 Å². The van der Waals surface area contributed by atoms with Gasteiger partial charge in [-0.1, -0.05) is 26.3 Å². The zero-order valence-electron chi connectivity index (χ0n) is 16.9. The largest absolute Gasteiger partial charge is 0.391 e. The molecular weight excluding hydrogens is 380 g/mol. The van der Waals surface area contributed by atoms with Crippen molar-refractivity contribution in [3.05, 3.63) is 11.6 Å². The second-order valence-electron chi connectivity index (χ2n) is 10.1. The predicted molar refractivity (Wildman–Crippen MR) is 105 cm³/mol. The van der Waals surface area contributed by atoms with Gasteiger partial charge in [0, 0.05) is 17.3 Å². The van der Waals surface area contributed by atoms with Crippen molar-refractivity contribution in [3.8, 4) is 0 Å². The summed E-state index contributed by atoms with van der Waals surface area (Å²) in [6.07, 6.45) is 4.19. The smallest absolute Gasteiger partial charge is 0.190 e. The molecule has 156 valence electrons. The van der Waals surface area contributed by atoms with Gasteiger partial charge in [0.1, 0.15) is 12.2 Å². The maximum absolute atomic E-state index is 12.6. The van der Waals surface area contributed by atoms with Gasteiger partial charge in [0.15, 0.2) is 11.6 Å². The van der Waals surface area contributed by atoms with Gasteiger partial charge in [-0.2, -0.15) is 0 Å². The number of rotatable bonds is 2. The van der Waals surface area contributed by atoms with Crippen LogP contribution in [-0.2, 0) is 9.59 Å². The first-order chi connectivity index (χ1) is 13.0. The van der Waals surface area contributed by atoms with Gasteiger partial charge in [-0.15, -0.1) is 11.6 Å². The van der Waals surface area contributed by atoms with E-state index in [9.17, 15) is 24.9 Å². The fraction of sp³-hybridized carbons (Fsp3) is 0.818. The summed E-state index contributed by atoms with van der Waals surface area (Å²) in [7, 11) is 0. The van der Waals surface area contributed by atoms with E-state index < -0.39 is 39.8 Å². The third-order valence-corrected chi connectivity index (χ3v) is 10.1. The zero-order chi connectivity index (χ0) is 20.7. The second-order valence-corrected chi connectivity index (χ2v) is 10.7. The molecule has 0 spiro atoms. The highest BCUT2D eigenvalue weighted by molar-refractivity contribution is 6.26. The van der Waals surface area contributed by atoms with Crippen molar-refractivity contribution in [2.45, 2.75) is 75.9 Å². The standard InChI is InChI=1S/C22H31ClO5/c1-12-8-16-15-5-4-13-9-14(25)6-7-19(13,2)21(15,23)17(26)10-20(16,3)22(12,28)18(27)11-24/h9,12,15-17,24,26,28H,4-8,10-11H2,1-3H3/t12-,15-,16-,17-,19-,20-,21-,22-/m0/s1. The van der Waals surface area contributed by atoms with Gasteiger partial charge in [0.05, 0.1) is 11.0 Å². The lowest BCUT2D eigenvalue weighted by atomic mass is 9.45. The minimum Gasteiger partial charge on any atom is -0.391 e. The van der Waals surface area contributed by atoms with Crippen LogP contribution in [0.3, 0.4) is 0 Å². The number of ketones is 2. The average molecular weight is 411 g/mol. The molecule has 3 saturated carbocycles. The molecule has 5 nitrogen and oxygen atoms in total. The van der Waals surface area contributed by atoms with Crippen LogP contribution in [0.5, 0.6) is 0 Å². The first-order valence-corrected chi connectivity index (χ1v) is 10.8. The van der Waals surface area contributed by atoms with E-state index in [0.717, 1.165) is 18.4 Å². The average Bonchev–Trinajstić information content (AvgIpc) is 2.84. The van der Waals surface area contributed by atoms with E-state index in [-0.39, 0.29) is 30.0 Å². The molecule has 4 aliphatic rings. The number of aliphatic hydroxyl groups is 3. The quantitative estimate of drug-likeness (QED) is 0.607. The fourth-order valence-electron chi connectivity index (χ4n) is 7.62. The number of fused-ring (bicyclic) bond motifs is 5. The molecule has 0 aromatic carbocycles. The summed E-state index contributed by atoms with van der Waals surface area (Å²) in [5.74, 6) is -0.851. The molecule has 0 aromatic rings. The van der Waals surface area contributed by atoms with Gasteiger partial charge >= 0.3 is 0 Å². The van der Waals surface area contributed by atoms with Crippen LogP contribution in [0.25, 0.3) is 0 Å². The summed E-state index contributed by atoms with van der Waals surface area (Å²) < 4.78 is 0. The lowest BCUT2D eigenvalue weighted by Crippen LogP contribution is -2.69. The molecule has 6 heteroatoms. The third-order valence-electron chi connectivity index (χ3n) is 9.19. The van der Waals surface area contributed by atoms with Crippen LogP contribution in [0, 0.1) is 28.6 Å². The van der Waals surface area contributed by atoms with E-state index in [4.69, 9.17) is 11.6 Å². The monoisotopic (exact) mass is 410 g/mol. The minimum absolute atomic E-state index is 0.0279. The van der Waals surface area contributed by atoms with Crippen molar-refractivity contribution >= 4 is 23.2 Å². The Hall–Kier alpha value is -0.750. The van der Waals surface area contributed by atoms with Crippen molar-refractivity contribution < 1.29 is 24.9 Å². The number of allylic oxidation sites excluding steroid dienone is 1. The number of alkyl halides is 1. The van der Waals surface area contributed by atoms with Gasteiger partial charge in [-0.05, 0) is 55.9 Å². The Morgan fingerprint density at radius 2 is 1.96 bits per heavy atom. The van der Waals surface area contributed by atoms with Crippen LogP contribution in [0.2, 0.25) is 0 Å². The summed E-state index contributed by atoms with van der Waals surface area (Å²) in [6, 6.07) is 0. The second kappa shape index (κ2) is 6.13. The predicted octanol–water partition coefficient (Wildman–Crippen LogP) is 2.39. The van der Waals surface area contributed by atoms with Gasteiger partial charge in [-0.3, -0.25) is 9.59 Å². The molecule has 0 bridgehead atoms. The summed E-state index contributed by atoms with van der Waals surface area (Å²) in [5, 5.41) is 32.4. The Balaban J connectivity index is 1.83. The van der Waals surface area contributed by atoms with Crippen molar-refractivity contribution in [1.82, 2.24) is 0 Å². The van der Waals surface area contributed by atoms with Crippen molar-refractivity contribution in [3.63, 3.8) is 0 Å². The Morgan fingerprint density at radius 3 is 2.61 bits per heavy atom. The van der Waals surface area contributed by atoms with Gasteiger partial charge in [0.2, 0.25) is 0 Å². The normalized spacial score (nSPS) is 53.1. The first kappa shape index (κ1) is 20.5. The van der Waals surface area contributed by atoms with Gasteiger partial charge < -0.3 is 15.3 Å². The molecule has 0 aromatic heterocycles. The van der Waals surface area contributed by atoms with Crippen molar-refractivity contribution in [2.24, 2.45) is 28.6 Å². The first-order valence-electron chi connectivity index (χ1n) is 10.4. The number of hydrogen-bond donors (Lipinski definition) is 3. The van der Waals surface area contributed by atoms with E-state index >= 15 is 0 Å². The molecule has 28 heavy (non-hydrogen) atoms. The van der Waals surface area contributed by atoms with E-state index in [1.165, 1.54) is 0 Å². The molecule has 0 heterocycles. The van der Waals surface area contributed by atoms with Crippen LogP contribution >= 0.6 is 11.6 Å². The van der Waals surface area contributed by atoms with Crippen LogP contribution < -0.4 is 0 Å². The van der Waals surface area contributed by atoms with E-state index in [2.05, 4.69) is 6.92 Å². The Bertz CT molecular complexity index is 764. The minimum atomic E-state index is -1.66. The summed E-state index contributed by atoms with van der Waals surface area (Å²) >= 11 is 7.35. The molecule has 0 amide bonds. The Kier molecular flexibility index (Phi) is 4.49. The number of carbonyl (C=O) groups is 2. The lowest BCUT2D eigenvalue weighted by Gasteiger charge is -2.64. The van der Waals surface area contributed by atoms with Crippen molar-refractivity contribution in [1.29, 1.82) is 0 Å². The van der Waals surface area contributed by atoms with Crippen LogP contribution in [-0.4, -0.2) is 50.1 Å². The molecule has 0 saturated heterocycles. The third kappa shape index (κ3) is 2.14. The Morgan fingerprint density at radius 1 is 1.29 bits per heavy atom. The lowest BCUT2D eigenvalue weighted by molar-refractivity contribution is -0.181. The zero-order valence-corrected chi connectivity index (χ0v) is 17.6. The summed E-state index contributed by atoms with van der Waals surface area (Å²) in [6.45, 7) is 5.10. The van der Waals surface area contributed by atoms with E-state index in [1.807, 2.05) is 13.8 Å². The van der Waals surface area contributed by atoms with Crippen LogP contribution in [0.1, 0.15) is 59.3 Å². The SMILES string of the molecule is C[C@H]1C[C@H]2[C@@H]3CCC4=CC(=O)CC[C@]4(C)[C@@]3(Cl)[C@@H](O)C[C@]2(C)[C@@]1(O)C(=O)CO. The topological polar surface area (TPSA) is 94.8 Å². The number of halogens is 1. The van der Waals surface area contributed by atoms with Gasteiger partial charge in [-0.25, -0.2) is 0 Å². The number of carbonyl (C=O) groups excluding carboxylic acids is 2. The van der Waals surface area contributed by atoms with Crippen LogP contribution in [0.4, 0.5) is 0 Å². The highest BCUT2D eigenvalue weighted by Crippen LogP contribution is 2.71. The maximum Gasteiger partial charge on any atom is 0.190 e. The summed E-state index contributed by atoms with van der Waals surface area (Å²) in [5.41, 5.74) is -1.94. The molecule has 4 aliphatic carbocycles. The molecule has 8 atom stereocenters. The maximum atomic E-state index is 12.6. The highest BCUT2D eigenvalue weighted by atomic mass is 35.5. The Labute approximate surface area is 171 Å². The number of hydrogen-bond acceptors (Lipinski definition) is 5. The fourth-order valence-corrected chi connectivity index (χ4v) is 8.17. The molecule has 3 N–H and O–H groups in total. The highest BCUT2D eigenvalue weighted by Gasteiger charge is 2.74. The van der Waals surface area contributed by atoms with Gasteiger partial charge in [0.25, 0.3) is 0 Å².